The van der Waals surface area contributed by atoms with E-state index in [2.05, 4.69) is 38.7 Å². The minimum absolute atomic E-state index is 0.601. The minimum Gasteiger partial charge on any atom is -0.148 e. The normalized spacial score (nSPS) is 18.5. The fourth-order valence-electron chi connectivity index (χ4n) is 3.11. The lowest BCUT2D eigenvalue weighted by Crippen LogP contribution is -2.16. The van der Waals surface area contributed by atoms with E-state index in [-0.39, 0.29) is 0 Å². The summed E-state index contributed by atoms with van der Waals surface area (Å²) >= 11 is -0.601. The molecule has 17 heavy (non-hydrogen) atoms. The molecule has 0 unspecified atom stereocenters. The summed E-state index contributed by atoms with van der Waals surface area (Å²) in [6.07, 6.45) is 9.94. The molecule has 0 aromatic heterocycles. The molecule has 0 N–H and O–H groups in total. The molecule has 1 saturated carbocycles. The minimum atomic E-state index is -0.601. The van der Waals surface area contributed by atoms with Crippen LogP contribution in [0.2, 0.25) is 10.6 Å². The molecule has 0 radical (unpaired) electrons. The topological polar surface area (TPSA) is 0 Å². The van der Waals surface area contributed by atoms with Crippen molar-refractivity contribution in [3.8, 4) is 0 Å². The summed E-state index contributed by atoms with van der Waals surface area (Å²) in [6.45, 7) is 9.53. The highest BCUT2D eigenvalue weighted by Crippen LogP contribution is 2.25. The molecular formula is C16H31Al. The Morgan fingerprint density at radius 3 is 1.94 bits per heavy atom. The molecule has 98 valence electrons. The van der Waals surface area contributed by atoms with Crippen LogP contribution in [0.15, 0.2) is 11.0 Å². The monoisotopic (exact) mass is 250 g/mol. The fraction of sp³-hybridized carbons (Fsp3) is 0.875. The molecule has 0 heterocycles. The molecule has 1 fully saturated rings. The van der Waals surface area contributed by atoms with Crippen LogP contribution < -0.4 is 0 Å². The van der Waals surface area contributed by atoms with Gasteiger partial charge in [0.1, 0.15) is 0 Å². The van der Waals surface area contributed by atoms with Crippen molar-refractivity contribution in [1.82, 2.24) is 0 Å². The second kappa shape index (κ2) is 8.39. The zero-order valence-electron chi connectivity index (χ0n) is 12.4. The quantitative estimate of drug-likeness (QED) is 0.548. The molecule has 0 bridgehead atoms. The van der Waals surface area contributed by atoms with Gasteiger partial charge in [-0.1, -0.05) is 69.4 Å². The van der Waals surface area contributed by atoms with Crippen LogP contribution in [-0.2, 0) is 0 Å². The second-order valence-corrected chi connectivity index (χ2v) is 9.65. The summed E-state index contributed by atoms with van der Waals surface area (Å²) in [5.41, 5.74) is 0. The average molecular weight is 250 g/mol. The van der Waals surface area contributed by atoms with Gasteiger partial charge in [0.2, 0.25) is 0 Å². The molecule has 1 aliphatic rings. The molecule has 0 nitrogen and oxygen atoms in total. The third-order valence-electron chi connectivity index (χ3n) is 3.85. The van der Waals surface area contributed by atoms with Crippen LogP contribution in [-0.4, -0.2) is 14.1 Å². The molecular weight excluding hydrogens is 219 g/mol. The molecule has 0 amide bonds. The van der Waals surface area contributed by atoms with Crippen molar-refractivity contribution >= 4 is 14.1 Å². The van der Waals surface area contributed by atoms with Gasteiger partial charge in [-0.15, -0.1) is 11.0 Å². The van der Waals surface area contributed by atoms with Crippen molar-refractivity contribution in [3.05, 3.63) is 11.0 Å². The Kier molecular flexibility index (Phi) is 7.56. The molecule has 1 heteroatoms. The highest BCUT2D eigenvalue weighted by atomic mass is 27.2. The van der Waals surface area contributed by atoms with Crippen molar-refractivity contribution in [2.24, 2.45) is 17.8 Å². The van der Waals surface area contributed by atoms with Crippen molar-refractivity contribution in [1.29, 1.82) is 0 Å². The Balaban J connectivity index is 2.42. The predicted molar refractivity (Wildman–Crippen MR) is 80.8 cm³/mol. The number of allylic oxidation sites excluding steroid dienone is 1. The summed E-state index contributed by atoms with van der Waals surface area (Å²) in [5, 5.41) is 3.00. The Morgan fingerprint density at radius 1 is 0.941 bits per heavy atom. The molecule has 0 saturated heterocycles. The maximum atomic E-state index is 2.69. The Bertz CT molecular complexity index is 202. The van der Waals surface area contributed by atoms with E-state index in [1.807, 2.05) is 0 Å². The van der Waals surface area contributed by atoms with E-state index in [1.54, 1.807) is 0 Å². The third-order valence-corrected chi connectivity index (χ3v) is 7.72. The van der Waals surface area contributed by atoms with Crippen LogP contribution in [0.25, 0.3) is 0 Å². The first-order valence-electron chi connectivity index (χ1n) is 7.76. The average Bonchev–Trinajstić information content (AvgIpc) is 2.26. The van der Waals surface area contributed by atoms with Gasteiger partial charge in [0, 0.05) is 0 Å². The standard InChI is InChI=1S/C8H13.2C4H9.Al/c1-2-8-6-4-3-5-7-8;2*1-4(2)3;/h1-2,8H,3-7H2;2*4H,1H2,2-3H3;. The van der Waals surface area contributed by atoms with Crippen LogP contribution in [0, 0.1) is 17.8 Å². The summed E-state index contributed by atoms with van der Waals surface area (Å²) in [6, 6.07) is 0. The molecule has 0 spiro atoms. The molecule has 1 rings (SSSR count). The molecule has 0 aliphatic heterocycles. The number of rotatable bonds is 6. The van der Waals surface area contributed by atoms with Crippen molar-refractivity contribution in [2.75, 3.05) is 0 Å². The zero-order valence-corrected chi connectivity index (χ0v) is 13.6. The van der Waals surface area contributed by atoms with Crippen molar-refractivity contribution < 1.29 is 0 Å². The Morgan fingerprint density at radius 2 is 1.47 bits per heavy atom. The van der Waals surface area contributed by atoms with Gasteiger partial charge in [0.25, 0.3) is 14.1 Å². The van der Waals surface area contributed by atoms with E-state index < -0.39 is 14.1 Å². The molecule has 0 aromatic rings. The smallest absolute Gasteiger partial charge is 0.148 e. The lowest BCUT2D eigenvalue weighted by molar-refractivity contribution is 0.419. The Hall–Kier alpha value is 0.272. The largest absolute Gasteiger partial charge is 0.294 e. The van der Waals surface area contributed by atoms with Gasteiger partial charge in [-0.3, -0.25) is 0 Å². The Labute approximate surface area is 113 Å². The first kappa shape index (κ1) is 15.3. The zero-order chi connectivity index (χ0) is 12.7. The first-order valence-corrected chi connectivity index (χ1v) is 10.1. The van der Waals surface area contributed by atoms with E-state index in [4.69, 9.17) is 0 Å². The van der Waals surface area contributed by atoms with Gasteiger partial charge >= 0.3 is 0 Å². The van der Waals surface area contributed by atoms with Gasteiger partial charge in [-0.25, -0.2) is 0 Å². The fourth-order valence-corrected chi connectivity index (χ4v) is 6.66. The lowest BCUT2D eigenvalue weighted by Gasteiger charge is -2.19. The van der Waals surface area contributed by atoms with Gasteiger partial charge in [0.05, 0.1) is 0 Å². The van der Waals surface area contributed by atoms with Crippen LogP contribution in [0.1, 0.15) is 59.8 Å². The molecule has 0 atom stereocenters. The summed E-state index contributed by atoms with van der Waals surface area (Å²) in [4.78, 5) is 2.69. The maximum absolute atomic E-state index is 2.69. The van der Waals surface area contributed by atoms with Gasteiger partial charge in [-0.2, -0.15) is 0 Å². The highest BCUT2D eigenvalue weighted by molar-refractivity contribution is 6.64. The number of hydrogen-bond acceptors (Lipinski definition) is 0. The van der Waals surface area contributed by atoms with Gasteiger partial charge in [-0.05, 0) is 18.8 Å². The van der Waals surface area contributed by atoms with Crippen LogP contribution >= 0.6 is 0 Å². The van der Waals surface area contributed by atoms with Crippen molar-refractivity contribution in [2.45, 2.75) is 70.4 Å². The molecule has 0 aromatic carbocycles. The lowest BCUT2D eigenvalue weighted by atomic mass is 9.90. The van der Waals surface area contributed by atoms with Gasteiger partial charge in [0.15, 0.2) is 0 Å². The van der Waals surface area contributed by atoms with Gasteiger partial charge < -0.3 is 0 Å². The summed E-state index contributed by atoms with van der Waals surface area (Å²) in [5.74, 6) is 2.71. The van der Waals surface area contributed by atoms with Crippen LogP contribution in [0.4, 0.5) is 0 Å². The van der Waals surface area contributed by atoms with E-state index in [1.165, 1.54) is 42.7 Å². The summed E-state index contributed by atoms with van der Waals surface area (Å²) in [7, 11) is 0. The maximum Gasteiger partial charge on any atom is 0.294 e. The van der Waals surface area contributed by atoms with E-state index >= 15 is 0 Å². The third kappa shape index (κ3) is 7.33. The predicted octanol–water partition coefficient (Wildman–Crippen LogP) is 5.47. The molecule has 1 aliphatic carbocycles. The SMILES string of the molecule is CC(C)[CH2][Al]([CH]=CC1CCCCC1)[CH2]C(C)C. The van der Waals surface area contributed by atoms with E-state index in [9.17, 15) is 0 Å². The van der Waals surface area contributed by atoms with Crippen molar-refractivity contribution in [3.63, 3.8) is 0 Å². The van der Waals surface area contributed by atoms with E-state index in [0.29, 0.717) is 0 Å². The highest BCUT2D eigenvalue weighted by Gasteiger charge is 2.18. The first-order chi connectivity index (χ1) is 8.08. The van der Waals surface area contributed by atoms with E-state index in [0.717, 1.165) is 17.8 Å². The summed E-state index contributed by atoms with van der Waals surface area (Å²) < 4.78 is 0. The second-order valence-electron chi connectivity index (χ2n) is 6.80. The van der Waals surface area contributed by atoms with Crippen LogP contribution in [0.3, 0.4) is 0 Å². The van der Waals surface area contributed by atoms with Crippen LogP contribution in [0.5, 0.6) is 0 Å². The number of hydrogen-bond donors (Lipinski definition) is 0.